The molecule has 0 aliphatic carbocycles. The monoisotopic (exact) mass is 388 g/mol. The maximum atomic E-state index is 11.8. The lowest BCUT2D eigenvalue weighted by Crippen LogP contribution is -2.47. The Labute approximate surface area is 150 Å². The van der Waals surface area contributed by atoms with E-state index in [0.717, 1.165) is 29.4 Å². The minimum Gasteiger partial charge on any atom is -0.465 e. The normalized spacial score (nSPS) is 20.0. The molecule has 0 bridgehead atoms. The fourth-order valence-electron chi connectivity index (χ4n) is 3.36. The van der Waals surface area contributed by atoms with E-state index in [-0.39, 0.29) is 12.1 Å². The van der Waals surface area contributed by atoms with E-state index in [1.54, 1.807) is 4.90 Å². The molecule has 1 aliphatic heterocycles. The standard InChI is InChI=1S/C19H21BrN2O2/c20-16-8-4-7-15(11-16)12-17-18(9-10-21-17)22(19(23)24)13-14-5-2-1-3-6-14/h1-8,11,17-18,21H,9-10,12-13H2,(H,23,24)/t17-,18-/m0/s1. The van der Waals surface area contributed by atoms with E-state index in [0.29, 0.717) is 6.54 Å². The van der Waals surface area contributed by atoms with E-state index in [1.807, 2.05) is 42.5 Å². The number of nitrogens with zero attached hydrogens (tertiary/aromatic N) is 1. The van der Waals surface area contributed by atoms with Crippen LogP contribution in [0.1, 0.15) is 17.5 Å². The predicted octanol–water partition coefficient (Wildman–Crippen LogP) is 3.90. The molecule has 1 heterocycles. The Morgan fingerprint density at radius 1 is 1.17 bits per heavy atom. The molecule has 2 aromatic rings. The van der Waals surface area contributed by atoms with Gasteiger partial charge >= 0.3 is 6.09 Å². The van der Waals surface area contributed by atoms with Gasteiger partial charge in [-0.25, -0.2) is 4.79 Å². The van der Waals surface area contributed by atoms with Gasteiger partial charge in [0.25, 0.3) is 0 Å². The molecule has 4 nitrogen and oxygen atoms in total. The first kappa shape index (κ1) is 17.0. The Bertz CT molecular complexity index is 693. The molecule has 3 rings (SSSR count). The van der Waals surface area contributed by atoms with Crippen molar-refractivity contribution in [2.45, 2.75) is 31.5 Å². The lowest BCUT2D eigenvalue weighted by Gasteiger charge is -2.31. The number of halogens is 1. The van der Waals surface area contributed by atoms with E-state index in [9.17, 15) is 9.90 Å². The van der Waals surface area contributed by atoms with Crippen LogP contribution in [0.5, 0.6) is 0 Å². The van der Waals surface area contributed by atoms with Crippen molar-refractivity contribution in [3.05, 3.63) is 70.2 Å². The van der Waals surface area contributed by atoms with Gasteiger partial charge in [0.05, 0.1) is 6.04 Å². The summed E-state index contributed by atoms with van der Waals surface area (Å²) in [5.74, 6) is 0. The molecule has 1 aliphatic rings. The van der Waals surface area contributed by atoms with Crippen LogP contribution in [-0.4, -0.2) is 34.7 Å². The number of amides is 1. The summed E-state index contributed by atoms with van der Waals surface area (Å²) in [4.78, 5) is 13.4. The SMILES string of the molecule is O=C(O)N(Cc1ccccc1)[C@H]1CCN[C@H]1Cc1cccc(Br)c1. The number of carbonyl (C=O) groups is 1. The third-order valence-corrected chi connectivity index (χ3v) is 4.99. The van der Waals surface area contributed by atoms with Crippen LogP contribution in [0.3, 0.4) is 0 Å². The summed E-state index contributed by atoms with van der Waals surface area (Å²) < 4.78 is 1.05. The highest BCUT2D eigenvalue weighted by Crippen LogP contribution is 2.22. The van der Waals surface area contributed by atoms with Crippen molar-refractivity contribution in [1.29, 1.82) is 0 Å². The topological polar surface area (TPSA) is 52.6 Å². The summed E-state index contributed by atoms with van der Waals surface area (Å²) >= 11 is 3.50. The van der Waals surface area contributed by atoms with Crippen molar-refractivity contribution in [3.63, 3.8) is 0 Å². The number of hydrogen-bond donors (Lipinski definition) is 2. The molecular weight excluding hydrogens is 368 g/mol. The van der Waals surface area contributed by atoms with Crippen molar-refractivity contribution in [3.8, 4) is 0 Å². The maximum absolute atomic E-state index is 11.8. The van der Waals surface area contributed by atoms with Crippen molar-refractivity contribution < 1.29 is 9.90 Å². The molecular formula is C19H21BrN2O2. The third kappa shape index (κ3) is 4.16. The van der Waals surface area contributed by atoms with Gasteiger partial charge < -0.3 is 10.4 Å². The Balaban J connectivity index is 1.75. The number of benzene rings is 2. The highest BCUT2D eigenvalue weighted by Gasteiger charge is 2.34. The van der Waals surface area contributed by atoms with E-state index in [1.165, 1.54) is 5.56 Å². The lowest BCUT2D eigenvalue weighted by molar-refractivity contribution is 0.115. The van der Waals surface area contributed by atoms with E-state index in [2.05, 4.69) is 33.4 Å². The number of rotatable bonds is 5. The largest absolute Gasteiger partial charge is 0.465 e. The summed E-state index contributed by atoms with van der Waals surface area (Å²) in [6, 6.07) is 18.1. The molecule has 0 spiro atoms. The summed E-state index contributed by atoms with van der Waals surface area (Å²) in [6.45, 7) is 1.28. The van der Waals surface area contributed by atoms with Crippen LogP contribution in [0, 0.1) is 0 Å². The van der Waals surface area contributed by atoms with E-state index in [4.69, 9.17) is 0 Å². The van der Waals surface area contributed by atoms with Crippen LogP contribution >= 0.6 is 15.9 Å². The minimum absolute atomic E-state index is 0.0123. The van der Waals surface area contributed by atoms with Gasteiger partial charge in [-0.05, 0) is 42.6 Å². The van der Waals surface area contributed by atoms with Crippen LogP contribution in [0.25, 0.3) is 0 Å². The number of carboxylic acid groups (broad SMARTS) is 1. The quantitative estimate of drug-likeness (QED) is 0.816. The van der Waals surface area contributed by atoms with Crippen molar-refractivity contribution in [2.75, 3.05) is 6.54 Å². The molecule has 126 valence electrons. The fourth-order valence-corrected chi connectivity index (χ4v) is 3.81. The molecule has 1 fully saturated rings. The van der Waals surface area contributed by atoms with Gasteiger partial charge in [0, 0.05) is 17.1 Å². The zero-order chi connectivity index (χ0) is 16.9. The zero-order valence-electron chi connectivity index (χ0n) is 13.4. The van der Waals surface area contributed by atoms with Crippen molar-refractivity contribution in [2.24, 2.45) is 0 Å². The smallest absolute Gasteiger partial charge is 0.407 e. The van der Waals surface area contributed by atoms with Crippen LogP contribution in [0.2, 0.25) is 0 Å². The number of hydrogen-bond acceptors (Lipinski definition) is 2. The highest BCUT2D eigenvalue weighted by molar-refractivity contribution is 9.10. The first-order valence-corrected chi connectivity index (χ1v) is 8.94. The molecule has 0 radical (unpaired) electrons. The summed E-state index contributed by atoms with van der Waals surface area (Å²) in [7, 11) is 0. The molecule has 2 atom stereocenters. The Kier molecular flexibility index (Phi) is 5.53. The molecule has 1 saturated heterocycles. The highest BCUT2D eigenvalue weighted by atomic mass is 79.9. The molecule has 2 N–H and O–H groups in total. The second-order valence-corrected chi connectivity index (χ2v) is 7.06. The second-order valence-electron chi connectivity index (χ2n) is 6.15. The van der Waals surface area contributed by atoms with Crippen LogP contribution in [0.4, 0.5) is 4.79 Å². The molecule has 5 heteroatoms. The van der Waals surface area contributed by atoms with Crippen molar-refractivity contribution >= 4 is 22.0 Å². The molecule has 2 aromatic carbocycles. The van der Waals surface area contributed by atoms with Gasteiger partial charge in [-0.3, -0.25) is 4.90 Å². The van der Waals surface area contributed by atoms with Gasteiger partial charge in [-0.1, -0.05) is 58.4 Å². The first-order valence-electron chi connectivity index (χ1n) is 8.15. The minimum atomic E-state index is -0.855. The van der Waals surface area contributed by atoms with Crippen molar-refractivity contribution in [1.82, 2.24) is 10.2 Å². The Hall–Kier alpha value is -1.85. The number of nitrogens with one attached hydrogen (secondary N) is 1. The second kappa shape index (κ2) is 7.81. The van der Waals surface area contributed by atoms with E-state index >= 15 is 0 Å². The first-order chi connectivity index (χ1) is 11.6. The molecule has 24 heavy (non-hydrogen) atoms. The average Bonchev–Trinajstić information content (AvgIpc) is 3.01. The van der Waals surface area contributed by atoms with Gasteiger partial charge in [0.2, 0.25) is 0 Å². The maximum Gasteiger partial charge on any atom is 0.407 e. The van der Waals surface area contributed by atoms with Gasteiger partial charge in [-0.2, -0.15) is 0 Å². The van der Waals surface area contributed by atoms with Crippen LogP contribution in [-0.2, 0) is 13.0 Å². The van der Waals surface area contributed by atoms with Crippen LogP contribution < -0.4 is 5.32 Å². The van der Waals surface area contributed by atoms with Gasteiger partial charge in [-0.15, -0.1) is 0 Å². The molecule has 0 unspecified atom stereocenters. The molecule has 0 saturated carbocycles. The average molecular weight is 389 g/mol. The summed E-state index contributed by atoms with van der Waals surface area (Å²) in [5.41, 5.74) is 2.23. The van der Waals surface area contributed by atoms with E-state index < -0.39 is 6.09 Å². The van der Waals surface area contributed by atoms with Gasteiger partial charge in [0.1, 0.15) is 0 Å². The molecule has 1 amide bonds. The Morgan fingerprint density at radius 3 is 2.62 bits per heavy atom. The van der Waals surface area contributed by atoms with Crippen LogP contribution in [0.15, 0.2) is 59.1 Å². The zero-order valence-corrected chi connectivity index (χ0v) is 14.9. The fraction of sp³-hybridized carbons (Fsp3) is 0.316. The molecule has 0 aromatic heterocycles. The lowest BCUT2D eigenvalue weighted by atomic mass is 9.99. The Morgan fingerprint density at radius 2 is 1.92 bits per heavy atom. The third-order valence-electron chi connectivity index (χ3n) is 4.50. The summed E-state index contributed by atoms with van der Waals surface area (Å²) in [6.07, 6.45) is 0.812. The van der Waals surface area contributed by atoms with Gasteiger partial charge in [0.15, 0.2) is 0 Å². The predicted molar refractivity (Wildman–Crippen MR) is 98.1 cm³/mol. The summed E-state index contributed by atoms with van der Waals surface area (Å²) in [5, 5.41) is 13.2.